The van der Waals surface area contributed by atoms with Gasteiger partial charge in [0.2, 0.25) is 11.8 Å². The summed E-state index contributed by atoms with van der Waals surface area (Å²) < 4.78 is 39.1. The maximum atomic E-state index is 14.3. The number of piperazine rings is 1. The van der Waals surface area contributed by atoms with Crippen molar-refractivity contribution in [3.63, 3.8) is 0 Å². The quantitative estimate of drug-likeness (QED) is 0.203. The summed E-state index contributed by atoms with van der Waals surface area (Å²) in [5.41, 5.74) is 2.41. The second-order valence-electron chi connectivity index (χ2n) is 11.0. The SMILES string of the molecule is O=C([C@H](Cc1ccccc1)N(Cc1ccccn1)C(=O)C=Cc1ccc(C(F)(F)F)cc1)N1CCN(Cc2ccccc2)CC1. The molecule has 0 spiro atoms. The van der Waals surface area contributed by atoms with Crippen LogP contribution in [0.15, 0.2) is 115 Å². The van der Waals surface area contributed by atoms with E-state index in [2.05, 4.69) is 22.0 Å². The molecule has 1 fully saturated rings. The van der Waals surface area contributed by atoms with Crippen molar-refractivity contribution in [2.45, 2.75) is 31.7 Å². The molecule has 1 aliphatic heterocycles. The van der Waals surface area contributed by atoms with Crippen LogP contribution in [0, 0.1) is 0 Å². The number of rotatable bonds is 10. The van der Waals surface area contributed by atoms with Gasteiger partial charge in [-0.3, -0.25) is 19.5 Å². The van der Waals surface area contributed by atoms with Gasteiger partial charge in [0.05, 0.1) is 17.8 Å². The van der Waals surface area contributed by atoms with Gasteiger partial charge in [-0.1, -0.05) is 78.9 Å². The molecule has 1 saturated heterocycles. The molecule has 6 nitrogen and oxygen atoms in total. The Morgan fingerprint density at radius 2 is 1.42 bits per heavy atom. The van der Waals surface area contributed by atoms with Crippen LogP contribution in [-0.4, -0.2) is 63.7 Å². The predicted molar refractivity (Wildman–Crippen MR) is 167 cm³/mol. The molecule has 3 aromatic carbocycles. The van der Waals surface area contributed by atoms with Crippen LogP contribution in [-0.2, 0) is 35.3 Å². The lowest BCUT2D eigenvalue weighted by Crippen LogP contribution is -2.56. The number of alkyl halides is 3. The van der Waals surface area contributed by atoms with Gasteiger partial charge in [0.15, 0.2) is 0 Å². The van der Waals surface area contributed by atoms with Gasteiger partial charge >= 0.3 is 6.18 Å². The highest BCUT2D eigenvalue weighted by molar-refractivity contribution is 5.95. The van der Waals surface area contributed by atoms with Gasteiger partial charge in [0.25, 0.3) is 0 Å². The molecule has 1 aliphatic rings. The van der Waals surface area contributed by atoms with Gasteiger partial charge in [-0.05, 0) is 47.0 Å². The molecule has 4 aromatic rings. The van der Waals surface area contributed by atoms with Gasteiger partial charge in [-0.2, -0.15) is 13.2 Å². The van der Waals surface area contributed by atoms with Crippen molar-refractivity contribution in [2.75, 3.05) is 26.2 Å². The van der Waals surface area contributed by atoms with E-state index in [1.807, 2.05) is 59.5 Å². The maximum Gasteiger partial charge on any atom is 0.416 e. The van der Waals surface area contributed by atoms with Crippen molar-refractivity contribution in [3.8, 4) is 0 Å². The molecule has 1 aromatic heterocycles. The second kappa shape index (κ2) is 14.8. The largest absolute Gasteiger partial charge is 0.416 e. The molecular weight excluding hydrogens is 577 g/mol. The molecule has 45 heavy (non-hydrogen) atoms. The highest BCUT2D eigenvalue weighted by atomic mass is 19.4. The summed E-state index contributed by atoms with van der Waals surface area (Å²) in [4.78, 5) is 38.2. The van der Waals surface area contributed by atoms with E-state index in [1.165, 1.54) is 34.7 Å². The summed E-state index contributed by atoms with van der Waals surface area (Å²) >= 11 is 0. The first-order valence-corrected chi connectivity index (χ1v) is 14.9. The molecule has 0 radical (unpaired) electrons. The molecule has 0 unspecified atom stereocenters. The molecule has 5 rings (SSSR count). The van der Waals surface area contributed by atoms with Crippen molar-refractivity contribution >= 4 is 17.9 Å². The number of nitrogens with zero attached hydrogens (tertiary/aromatic N) is 4. The molecule has 9 heteroatoms. The third-order valence-electron chi connectivity index (χ3n) is 7.86. The monoisotopic (exact) mass is 612 g/mol. The van der Waals surface area contributed by atoms with Crippen LogP contribution in [0.2, 0.25) is 0 Å². The Balaban J connectivity index is 1.39. The van der Waals surface area contributed by atoms with E-state index in [-0.39, 0.29) is 12.5 Å². The summed E-state index contributed by atoms with van der Waals surface area (Å²) in [6.45, 7) is 3.37. The summed E-state index contributed by atoms with van der Waals surface area (Å²) in [6.07, 6.45) is 0.275. The van der Waals surface area contributed by atoms with E-state index in [9.17, 15) is 22.8 Å². The van der Waals surface area contributed by atoms with Gasteiger partial charge < -0.3 is 9.80 Å². The van der Waals surface area contributed by atoms with Gasteiger partial charge in [-0.15, -0.1) is 0 Å². The zero-order valence-electron chi connectivity index (χ0n) is 24.8. The summed E-state index contributed by atoms with van der Waals surface area (Å²) in [5.74, 6) is -0.581. The minimum atomic E-state index is -4.45. The third-order valence-corrected chi connectivity index (χ3v) is 7.86. The molecule has 0 bridgehead atoms. The van der Waals surface area contributed by atoms with Gasteiger partial charge in [0.1, 0.15) is 6.04 Å². The predicted octanol–water partition coefficient (Wildman–Crippen LogP) is 6.10. The van der Waals surface area contributed by atoms with E-state index in [4.69, 9.17) is 0 Å². The van der Waals surface area contributed by atoms with Crippen LogP contribution < -0.4 is 0 Å². The van der Waals surface area contributed by atoms with Gasteiger partial charge in [0, 0.05) is 51.4 Å². The van der Waals surface area contributed by atoms with Crippen LogP contribution in [0.25, 0.3) is 6.08 Å². The van der Waals surface area contributed by atoms with Gasteiger partial charge in [-0.25, -0.2) is 0 Å². The minimum absolute atomic E-state index is 0.0915. The first-order valence-electron chi connectivity index (χ1n) is 14.9. The topological polar surface area (TPSA) is 56.8 Å². The van der Waals surface area contributed by atoms with Crippen molar-refractivity contribution in [3.05, 3.63) is 143 Å². The normalized spacial score (nSPS) is 14.8. The Kier molecular flexibility index (Phi) is 10.4. The number of amides is 2. The fourth-order valence-electron chi connectivity index (χ4n) is 5.40. The third kappa shape index (κ3) is 8.89. The van der Waals surface area contributed by atoms with Crippen molar-refractivity contribution in [1.29, 1.82) is 0 Å². The average molecular weight is 613 g/mol. The van der Waals surface area contributed by atoms with Crippen LogP contribution in [0.5, 0.6) is 0 Å². The minimum Gasteiger partial charge on any atom is -0.338 e. The Labute approximate surface area is 261 Å². The zero-order chi connectivity index (χ0) is 31.6. The van der Waals surface area contributed by atoms with E-state index in [0.29, 0.717) is 43.9 Å². The van der Waals surface area contributed by atoms with Crippen molar-refractivity contribution in [1.82, 2.24) is 19.7 Å². The lowest BCUT2D eigenvalue weighted by atomic mass is 10.0. The highest BCUT2D eigenvalue weighted by Crippen LogP contribution is 2.29. The number of carbonyl (C=O) groups excluding carboxylic acids is 2. The first kappa shape index (κ1) is 31.7. The Bertz CT molecular complexity index is 1560. The van der Waals surface area contributed by atoms with Crippen molar-refractivity contribution in [2.24, 2.45) is 0 Å². The second-order valence-corrected chi connectivity index (χ2v) is 11.0. The summed E-state index contributed by atoms with van der Waals surface area (Å²) in [7, 11) is 0. The fraction of sp³-hybridized carbons (Fsp3) is 0.250. The Hall–Kier alpha value is -4.76. The number of hydrogen-bond acceptors (Lipinski definition) is 4. The molecule has 232 valence electrons. The molecule has 1 atom stereocenters. The Morgan fingerprint density at radius 1 is 0.800 bits per heavy atom. The van der Waals surface area contributed by atoms with E-state index < -0.39 is 23.7 Å². The first-order chi connectivity index (χ1) is 21.8. The standard InChI is InChI=1S/C36H35F3N4O2/c37-36(38,39)31-17-14-28(15-18-31)16-19-34(44)43(27-32-13-7-8-20-40-32)33(25-29-9-3-1-4-10-29)35(45)42-23-21-41(22-24-42)26-30-11-5-2-6-12-30/h1-20,33H,21-27H2/t33-/m0/s1. The summed E-state index contributed by atoms with van der Waals surface area (Å²) in [5, 5.41) is 0. The highest BCUT2D eigenvalue weighted by Gasteiger charge is 2.34. The van der Waals surface area contributed by atoms with Crippen LogP contribution >= 0.6 is 0 Å². The molecule has 2 heterocycles. The van der Waals surface area contributed by atoms with Crippen molar-refractivity contribution < 1.29 is 22.8 Å². The number of hydrogen-bond donors (Lipinski definition) is 0. The lowest BCUT2D eigenvalue weighted by Gasteiger charge is -2.39. The molecule has 0 saturated carbocycles. The number of carbonyl (C=O) groups is 2. The van der Waals surface area contributed by atoms with E-state index in [0.717, 1.165) is 24.2 Å². The molecule has 2 amide bonds. The van der Waals surface area contributed by atoms with E-state index >= 15 is 0 Å². The van der Waals surface area contributed by atoms with E-state index in [1.54, 1.807) is 18.3 Å². The summed E-state index contributed by atoms with van der Waals surface area (Å²) in [6, 6.07) is 28.9. The Morgan fingerprint density at radius 3 is 2.02 bits per heavy atom. The van der Waals surface area contributed by atoms with Crippen LogP contribution in [0.1, 0.15) is 27.9 Å². The fourth-order valence-corrected chi connectivity index (χ4v) is 5.40. The van der Waals surface area contributed by atoms with Crippen LogP contribution in [0.3, 0.4) is 0 Å². The molecule has 0 aliphatic carbocycles. The number of benzene rings is 3. The smallest absolute Gasteiger partial charge is 0.338 e. The molecule has 0 N–H and O–H groups in total. The lowest BCUT2D eigenvalue weighted by molar-refractivity contribution is -0.145. The maximum absolute atomic E-state index is 14.3. The average Bonchev–Trinajstić information content (AvgIpc) is 3.06. The van der Waals surface area contributed by atoms with Crippen LogP contribution in [0.4, 0.5) is 13.2 Å². The number of pyridine rings is 1. The molecular formula is C36H35F3N4O2. The zero-order valence-corrected chi connectivity index (χ0v) is 24.8. The number of halogens is 3. The number of aromatic nitrogens is 1.